The van der Waals surface area contributed by atoms with Crippen LogP contribution in [-0.4, -0.2) is 11.7 Å². The van der Waals surface area contributed by atoms with E-state index >= 15 is 0 Å². The van der Waals surface area contributed by atoms with Gasteiger partial charge in [0, 0.05) is 17.5 Å². The summed E-state index contributed by atoms with van der Waals surface area (Å²) in [6.07, 6.45) is 8.44. The third kappa shape index (κ3) is 1.75. The molecule has 0 saturated heterocycles. The highest BCUT2D eigenvalue weighted by atomic mass is 16.3. The Labute approximate surface area is 103 Å². The molecule has 17 heavy (non-hydrogen) atoms. The molecular weight excluding hydrogens is 210 g/mol. The molecule has 92 valence electrons. The molecule has 0 aromatic heterocycles. The molecule has 1 aromatic carbocycles. The summed E-state index contributed by atoms with van der Waals surface area (Å²) in [5, 5.41) is 10.2. The van der Waals surface area contributed by atoms with Gasteiger partial charge in [-0.25, -0.2) is 0 Å². The van der Waals surface area contributed by atoms with Gasteiger partial charge in [0.05, 0.1) is 0 Å². The predicted octanol–water partition coefficient (Wildman–Crippen LogP) is 2.65. The minimum absolute atomic E-state index is 0.111. The van der Waals surface area contributed by atoms with Crippen LogP contribution in [0.4, 0.5) is 0 Å². The third-order valence-electron chi connectivity index (χ3n) is 4.54. The highest BCUT2D eigenvalue weighted by Crippen LogP contribution is 2.52. The summed E-state index contributed by atoms with van der Waals surface area (Å²) in [6, 6.07) is 4.00. The lowest BCUT2D eigenvalue weighted by Crippen LogP contribution is -2.22. The van der Waals surface area contributed by atoms with Gasteiger partial charge in [-0.2, -0.15) is 0 Å². The van der Waals surface area contributed by atoms with Gasteiger partial charge in [0.2, 0.25) is 0 Å². The van der Waals surface area contributed by atoms with Crippen LogP contribution >= 0.6 is 0 Å². The molecule has 1 aromatic rings. The number of nitrogens with two attached hydrogens (primary N) is 1. The third-order valence-corrected chi connectivity index (χ3v) is 4.54. The van der Waals surface area contributed by atoms with Crippen molar-refractivity contribution in [2.24, 2.45) is 5.73 Å². The first kappa shape index (κ1) is 11.1. The first-order valence-corrected chi connectivity index (χ1v) is 6.81. The molecule has 0 atom stereocenters. The molecule has 0 spiro atoms. The van der Waals surface area contributed by atoms with Crippen LogP contribution < -0.4 is 5.73 Å². The molecule has 0 radical (unpaired) electrons. The van der Waals surface area contributed by atoms with Gasteiger partial charge < -0.3 is 10.8 Å². The fourth-order valence-electron chi connectivity index (χ4n) is 3.29. The van der Waals surface area contributed by atoms with Crippen molar-refractivity contribution in [3.05, 3.63) is 28.8 Å². The van der Waals surface area contributed by atoms with Crippen molar-refractivity contribution in [2.75, 3.05) is 6.54 Å². The quantitative estimate of drug-likeness (QED) is 0.769. The molecule has 1 saturated carbocycles. The number of rotatable bonds is 2. The van der Waals surface area contributed by atoms with Crippen LogP contribution in [0.2, 0.25) is 0 Å². The minimum Gasteiger partial charge on any atom is -0.508 e. The second-order valence-corrected chi connectivity index (χ2v) is 5.64. The Morgan fingerprint density at radius 3 is 2.59 bits per heavy atom. The normalized spacial score (nSPS) is 21.7. The lowest BCUT2D eigenvalue weighted by molar-refractivity contribution is 0.456. The van der Waals surface area contributed by atoms with Crippen LogP contribution in [0.1, 0.15) is 48.8 Å². The van der Waals surface area contributed by atoms with E-state index in [2.05, 4.69) is 6.07 Å². The highest BCUT2D eigenvalue weighted by molar-refractivity contribution is 5.52. The Morgan fingerprint density at radius 1 is 1.12 bits per heavy atom. The fraction of sp³-hybridized carbons (Fsp3) is 0.600. The van der Waals surface area contributed by atoms with Gasteiger partial charge in [-0.3, -0.25) is 0 Å². The number of benzene rings is 1. The lowest BCUT2D eigenvalue weighted by atomic mass is 9.86. The summed E-state index contributed by atoms with van der Waals surface area (Å²) >= 11 is 0. The van der Waals surface area contributed by atoms with E-state index in [0.29, 0.717) is 12.3 Å². The smallest absolute Gasteiger partial charge is 0.119 e. The Bertz CT molecular complexity index is 435. The number of phenolic OH excluding ortho intramolecular Hbond substituents is 1. The van der Waals surface area contributed by atoms with Crippen molar-refractivity contribution >= 4 is 0 Å². The number of phenols is 1. The SMILES string of the molecule is NCC1(c2c(O)ccc3c2CCCCC3)CC1. The zero-order valence-electron chi connectivity index (χ0n) is 10.3. The lowest BCUT2D eigenvalue weighted by Gasteiger charge is -2.21. The second kappa shape index (κ2) is 4.02. The second-order valence-electron chi connectivity index (χ2n) is 5.64. The van der Waals surface area contributed by atoms with E-state index in [-0.39, 0.29) is 5.41 Å². The van der Waals surface area contributed by atoms with Gasteiger partial charge in [-0.05, 0) is 55.7 Å². The van der Waals surface area contributed by atoms with E-state index < -0.39 is 0 Å². The number of aromatic hydroxyl groups is 1. The molecule has 3 rings (SSSR count). The van der Waals surface area contributed by atoms with Gasteiger partial charge in [-0.15, -0.1) is 0 Å². The Hall–Kier alpha value is -1.02. The van der Waals surface area contributed by atoms with Crippen molar-refractivity contribution in [1.29, 1.82) is 0 Å². The number of hydrogen-bond acceptors (Lipinski definition) is 2. The fourth-order valence-corrected chi connectivity index (χ4v) is 3.29. The molecule has 3 N–H and O–H groups in total. The molecule has 0 aliphatic heterocycles. The van der Waals surface area contributed by atoms with E-state index in [9.17, 15) is 5.11 Å². The van der Waals surface area contributed by atoms with E-state index in [0.717, 1.165) is 19.3 Å². The van der Waals surface area contributed by atoms with Crippen molar-refractivity contribution in [1.82, 2.24) is 0 Å². The van der Waals surface area contributed by atoms with Gasteiger partial charge in [0.25, 0.3) is 0 Å². The van der Waals surface area contributed by atoms with E-state index in [1.165, 1.54) is 42.4 Å². The number of aryl methyl sites for hydroxylation is 1. The minimum atomic E-state index is 0.111. The van der Waals surface area contributed by atoms with Gasteiger partial charge >= 0.3 is 0 Å². The topological polar surface area (TPSA) is 46.2 Å². The monoisotopic (exact) mass is 231 g/mol. The Balaban J connectivity index is 2.12. The standard InChI is InChI=1S/C15H21NO/c16-10-15(8-9-15)14-12-5-3-1-2-4-11(12)6-7-13(14)17/h6-7,17H,1-5,8-10,16H2. The summed E-state index contributed by atoms with van der Waals surface area (Å²) < 4.78 is 0. The van der Waals surface area contributed by atoms with Crippen LogP contribution in [0.15, 0.2) is 12.1 Å². The van der Waals surface area contributed by atoms with E-state index in [1.807, 2.05) is 6.07 Å². The molecule has 2 heteroatoms. The molecule has 1 fully saturated rings. The van der Waals surface area contributed by atoms with Crippen LogP contribution in [0, 0.1) is 0 Å². The maximum atomic E-state index is 10.2. The van der Waals surface area contributed by atoms with Crippen molar-refractivity contribution in [3.8, 4) is 5.75 Å². The van der Waals surface area contributed by atoms with Gasteiger partial charge in [0.1, 0.15) is 5.75 Å². The molecule has 0 amide bonds. The van der Waals surface area contributed by atoms with Gasteiger partial charge in [-0.1, -0.05) is 12.5 Å². The van der Waals surface area contributed by atoms with Crippen molar-refractivity contribution in [3.63, 3.8) is 0 Å². The maximum absolute atomic E-state index is 10.2. The molecule has 2 aliphatic carbocycles. The molecule has 0 heterocycles. The van der Waals surface area contributed by atoms with Crippen LogP contribution in [-0.2, 0) is 18.3 Å². The number of fused-ring (bicyclic) bond motifs is 1. The first-order chi connectivity index (χ1) is 8.27. The van der Waals surface area contributed by atoms with Crippen LogP contribution in [0.25, 0.3) is 0 Å². The predicted molar refractivity (Wildman–Crippen MR) is 69.3 cm³/mol. The maximum Gasteiger partial charge on any atom is 0.119 e. The number of hydrogen-bond donors (Lipinski definition) is 2. The average molecular weight is 231 g/mol. The summed E-state index contributed by atoms with van der Waals surface area (Å²) in [5.74, 6) is 0.480. The molecule has 2 nitrogen and oxygen atoms in total. The Kier molecular flexibility index (Phi) is 2.62. The highest BCUT2D eigenvalue weighted by Gasteiger charge is 2.46. The van der Waals surface area contributed by atoms with Crippen LogP contribution in [0.5, 0.6) is 5.75 Å². The van der Waals surface area contributed by atoms with E-state index in [4.69, 9.17) is 5.73 Å². The Morgan fingerprint density at radius 2 is 1.88 bits per heavy atom. The molecule has 0 unspecified atom stereocenters. The summed E-state index contributed by atoms with van der Waals surface area (Å²) in [6.45, 7) is 0.678. The van der Waals surface area contributed by atoms with Crippen molar-refractivity contribution < 1.29 is 5.11 Å². The average Bonchev–Trinajstić information content (AvgIpc) is 3.12. The van der Waals surface area contributed by atoms with Gasteiger partial charge in [0.15, 0.2) is 0 Å². The van der Waals surface area contributed by atoms with Crippen LogP contribution in [0.3, 0.4) is 0 Å². The molecule has 0 bridgehead atoms. The van der Waals surface area contributed by atoms with Crippen molar-refractivity contribution in [2.45, 2.75) is 50.4 Å². The first-order valence-electron chi connectivity index (χ1n) is 6.81. The summed E-state index contributed by atoms with van der Waals surface area (Å²) in [5.41, 5.74) is 10.1. The zero-order chi connectivity index (χ0) is 11.9. The largest absolute Gasteiger partial charge is 0.508 e. The van der Waals surface area contributed by atoms with E-state index in [1.54, 1.807) is 0 Å². The zero-order valence-corrected chi connectivity index (χ0v) is 10.3. The summed E-state index contributed by atoms with van der Waals surface area (Å²) in [4.78, 5) is 0. The molecule has 2 aliphatic rings. The summed E-state index contributed by atoms with van der Waals surface area (Å²) in [7, 11) is 0. The molecular formula is C15H21NO.